The van der Waals surface area contributed by atoms with E-state index in [0.29, 0.717) is 12.5 Å². The molecule has 0 aliphatic carbocycles. The van der Waals surface area contributed by atoms with Crippen LogP contribution in [0.5, 0.6) is 5.75 Å². The van der Waals surface area contributed by atoms with Gasteiger partial charge in [0.15, 0.2) is 5.13 Å². The molecule has 0 amide bonds. The largest absolute Gasteiger partial charge is 0.493 e. The molecule has 34 heavy (non-hydrogen) atoms. The lowest BCUT2D eigenvalue weighted by atomic mass is 9.94. The van der Waals surface area contributed by atoms with E-state index in [4.69, 9.17) is 26.4 Å². The van der Waals surface area contributed by atoms with Crippen LogP contribution in [0.2, 0.25) is 5.02 Å². The minimum absolute atomic E-state index is 0.0343. The Kier molecular flexibility index (Phi) is 6.40. The number of hydrogen-bond acceptors (Lipinski definition) is 5. The first-order valence-electron chi connectivity index (χ1n) is 11.6. The van der Waals surface area contributed by atoms with Crippen molar-refractivity contribution in [3.63, 3.8) is 0 Å². The van der Waals surface area contributed by atoms with E-state index in [1.165, 1.54) is 0 Å². The van der Waals surface area contributed by atoms with Crippen molar-refractivity contribution in [3.8, 4) is 5.75 Å². The maximum atomic E-state index is 11.2. The fourth-order valence-corrected chi connectivity index (χ4v) is 6.28. The van der Waals surface area contributed by atoms with Crippen LogP contribution in [0.1, 0.15) is 30.4 Å². The van der Waals surface area contributed by atoms with Crippen LogP contribution < -0.4 is 9.64 Å². The summed E-state index contributed by atoms with van der Waals surface area (Å²) in [5, 5.41) is 12.1. The normalized spacial score (nSPS) is 14.9. The zero-order chi connectivity index (χ0) is 23.8. The number of aromatic nitrogens is 2. The number of nitrogens with zero attached hydrogens (tertiary/aromatic N) is 3. The first kappa shape index (κ1) is 23.0. The number of benzene rings is 2. The second-order valence-electron chi connectivity index (χ2n) is 9.09. The van der Waals surface area contributed by atoms with E-state index >= 15 is 0 Å². The molecule has 3 heterocycles. The molecular weight excluding hydrogens is 470 g/mol. The number of thiazole rings is 1. The zero-order valence-electron chi connectivity index (χ0n) is 19.4. The number of aryl methyl sites for hydroxylation is 2. The van der Waals surface area contributed by atoms with E-state index in [9.17, 15) is 4.79 Å². The van der Waals surface area contributed by atoms with Gasteiger partial charge in [-0.25, -0.2) is 4.98 Å². The number of fused-ring (bicyclic) bond motifs is 2. The second-order valence-corrected chi connectivity index (χ2v) is 10.5. The van der Waals surface area contributed by atoms with Crippen LogP contribution in [0.3, 0.4) is 0 Å². The van der Waals surface area contributed by atoms with Crippen molar-refractivity contribution in [2.45, 2.75) is 39.7 Å². The van der Waals surface area contributed by atoms with Gasteiger partial charge < -0.3 is 19.3 Å². The smallest absolute Gasteiger partial charge is 0.323 e. The van der Waals surface area contributed by atoms with Gasteiger partial charge in [0.2, 0.25) is 0 Å². The fraction of sp³-hybridized carbons (Fsp3) is 0.385. The molecule has 5 rings (SSSR count). The van der Waals surface area contributed by atoms with Gasteiger partial charge in [0.25, 0.3) is 0 Å². The first-order chi connectivity index (χ1) is 16.4. The highest BCUT2D eigenvalue weighted by atomic mass is 35.5. The Hall–Kier alpha value is -2.77. The molecule has 0 atom stereocenters. The zero-order valence-corrected chi connectivity index (χ0v) is 21.0. The molecule has 0 bridgehead atoms. The van der Waals surface area contributed by atoms with Crippen LogP contribution in [0, 0.1) is 19.8 Å². The van der Waals surface area contributed by atoms with Gasteiger partial charge in [0.05, 0.1) is 16.8 Å². The van der Waals surface area contributed by atoms with Crippen LogP contribution in [0.25, 0.3) is 21.1 Å². The summed E-state index contributed by atoms with van der Waals surface area (Å²) >= 11 is 7.84. The van der Waals surface area contributed by atoms with Crippen molar-refractivity contribution in [3.05, 3.63) is 52.7 Å². The fourth-order valence-electron chi connectivity index (χ4n) is 4.99. The van der Waals surface area contributed by atoms with E-state index in [0.717, 1.165) is 80.5 Å². The maximum absolute atomic E-state index is 11.2. The number of piperidine rings is 1. The predicted octanol–water partition coefficient (Wildman–Crippen LogP) is 6.29. The average molecular weight is 498 g/mol. The number of carboxylic acids is 1. The predicted molar refractivity (Wildman–Crippen MR) is 139 cm³/mol. The lowest BCUT2D eigenvalue weighted by molar-refractivity contribution is -0.137. The van der Waals surface area contributed by atoms with Crippen LogP contribution in [0.15, 0.2) is 36.5 Å². The van der Waals surface area contributed by atoms with Crippen molar-refractivity contribution in [1.29, 1.82) is 0 Å². The van der Waals surface area contributed by atoms with Crippen LogP contribution >= 0.6 is 22.9 Å². The molecule has 1 saturated heterocycles. The van der Waals surface area contributed by atoms with Gasteiger partial charge in [0.1, 0.15) is 12.3 Å². The lowest BCUT2D eigenvalue weighted by Gasteiger charge is -2.31. The van der Waals surface area contributed by atoms with E-state index in [-0.39, 0.29) is 6.54 Å². The summed E-state index contributed by atoms with van der Waals surface area (Å²) in [5.74, 6) is 0.685. The van der Waals surface area contributed by atoms with Crippen molar-refractivity contribution < 1.29 is 14.6 Å². The molecule has 0 saturated carbocycles. The number of carboxylic acid groups (broad SMARTS) is 1. The van der Waals surface area contributed by atoms with E-state index < -0.39 is 5.97 Å². The number of aliphatic carboxylic acids is 1. The third-order valence-electron chi connectivity index (χ3n) is 6.76. The van der Waals surface area contributed by atoms with Crippen molar-refractivity contribution in [1.82, 2.24) is 9.55 Å². The number of rotatable bonds is 7. The Morgan fingerprint density at radius 3 is 2.79 bits per heavy atom. The summed E-state index contributed by atoms with van der Waals surface area (Å²) in [7, 11) is 0. The summed E-state index contributed by atoms with van der Waals surface area (Å²) in [5.41, 5.74) is 4.10. The molecule has 0 unspecified atom stereocenters. The van der Waals surface area contributed by atoms with Gasteiger partial charge in [-0.2, -0.15) is 0 Å². The third-order valence-corrected chi connectivity index (χ3v) is 8.07. The van der Waals surface area contributed by atoms with Gasteiger partial charge in [-0.1, -0.05) is 22.9 Å². The highest BCUT2D eigenvalue weighted by Gasteiger charge is 2.22. The molecule has 0 radical (unpaired) electrons. The Labute approximate surface area is 207 Å². The molecule has 0 spiro atoms. The van der Waals surface area contributed by atoms with Crippen molar-refractivity contribution >= 4 is 55.2 Å². The third kappa shape index (κ3) is 4.59. The molecule has 4 aromatic rings. The van der Waals surface area contributed by atoms with Crippen LogP contribution in [-0.2, 0) is 11.3 Å². The van der Waals surface area contributed by atoms with Gasteiger partial charge in [0, 0.05) is 40.8 Å². The first-order valence-corrected chi connectivity index (χ1v) is 12.8. The Bertz CT molecular complexity index is 1350. The van der Waals surface area contributed by atoms with Crippen LogP contribution in [0.4, 0.5) is 5.13 Å². The highest BCUT2D eigenvalue weighted by molar-refractivity contribution is 7.22. The standard InChI is InChI=1S/C26H28ClN3O3S/c1-16-14-30(15-24(31)32)21-5-6-22(17(2)25(16)21)33-12-9-18-7-10-29(11-8-18)26-28-20-4-3-19(27)13-23(20)34-26/h3-6,13-14,18H,7-12,15H2,1-2H3,(H,31,32). The number of ether oxygens (including phenoxy) is 1. The summed E-state index contributed by atoms with van der Waals surface area (Å²) in [6.07, 6.45) is 5.20. The summed E-state index contributed by atoms with van der Waals surface area (Å²) in [6, 6.07) is 9.81. The topological polar surface area (TPSA) is 67.6 Å². The highest BCUT2D eigenvalue weighted by Crippen LogP contribution is 2.34. The van der Waals surface area contributed by atoms with Crippen LogP contribution in [-0.4, -0.2) is 40.3 Å². The maximum Gasteiger partial charge on any atom is 0.323 e. The molecule has 2 aromatic heterocycles. The number of carbonyl (C=O) groups is 1. The summed E-state index contributed by atoms with van der Waals surface area (Å²) in [6.45, 7) is 6.75. The average Bonchev–Trinajstić information content (AvgIpc) is 3.36. The van der Waals surface area contributed by atoms with Crippen molar-refractivity contribution in [2.75, 3.05) is 24.6 Å². The van der Waals surface area contributed by atoms with E-state index in [1.54, 1.807) is 15.9 Å². The molecule has 1 aliphatic rings. The summed E-state index contributed by atoms with van der Waals surface area (Å²) in [4.78, 5) is 18.3. The number of hydrogen-bond donors (Lipinski definition) is 1. The summed E-state index contributed by atoms with van der Waals surface area (Å²) < 4.78 is 9.12. The number of halogens is 1. The van der Waals surface area contributed by atoms with E-state index in [1.807, 2.05) is 43.5 Å². The molecular formula is C26H28ClN3O3S. The molecule has 8 heteroatoms. The molecule has 1 aliphatic heterocycles. The molecule has 2 aromatic carbocycles. The second kappa shape index (κ2) is 9.47. The molecule has 178 valence electrons. The van der Waals surface area contributed by atoms with E-state index in [2.05, 4.69) is 11.8 Å². The number of anilines is 1. The Morgan fingerprint density at radius 2 is 2.03 bits per heavy atom. The monoisotopic (exact) mass is 497 g/mol. The van der Waals surface area contributed by atoms with Gasteiger partial charge in [-0.15, -0.1) is 0 Å². The molecule has 1 fully saturated rings. The minimum atomic E-state index is -0.839. The molecule has 6 nitrogen and oxygen atoms in total. The Morgan fingerprint density at radius 1 is 1.24 bits per heavy atom. The van der Waals surface area contributed by atoms with Crippen molar-refractivity contribution in [2.24, 2.45) is 5.92 Å². The quantitative estimate of drug-likeness (QED) is 0.325. The minimum Gasteiger partial charge on any atom is -0.493 e. The Balaban J connectivity index is 1.17. The van der Waals surface area contributed by atoms with Gasteiger partial charge in [-0.3, -0.25) is 4.79 Å². The molecule has 1 N–H and O–H groups in total. The SMILES string of the molecule is Cc1cn(CC(=O)O)c2ccc(OCCC3CCN(c4nc5ccc(Cl)cc5s4)CC3)c(C)c12. The van der Waals surface area contributed by atoms with Gasteiger partial charge in [-0.05, 0) is 74.9 Å². The van der Waals surface area contributed by atoms with Gasteiger partial charge >= 0.3 is 5.97 Å². The lowest BCUT2D eigenvalue weighted by Crippen LogP contribution is -2.34.